The van der Waals surface area contributed by atoms with Crippen LogP contribution in [0.2, 0.25) is 0 Å². The standard InChI is InChI=1S/C14H16N4O2S/c1-3-8-18-12(16-17-14(18)21)9-15-13(19)10-4-6-11(20-2)7-5-10/h3-7H,1,8-9H2,2H3,(H,15,19)(H,17,21). The van der Waals surface area contributed by atoms with Gasteiger partial charge in [-0.1, -0.05) is 6.08 Å². The van der Waals surface area contributed by atoms with E-state index < -0.39 is 0 Å². The summed E-state index contributed by atoms with van der Waals surface area (Å²) in [5.74, 6) is 1.18. The summed E-state index contributed by atoms with van der Waals surface area (Å²) >= 11 is 5.11. The molecule has 110 valence electrons. The number of hydrogen-bond donors (Lipinski definition) is 2. The third kappa shape index (κ3) is 3.57. The number of allylic oxidation sites excluding steroid dienone is 1. The number of rotatable bonds is 6. The minimum absolute atomic E-state index is 0.184. The number of carbonyl (C=O) groups excluding carboxylic acids is 1. The summed E-state index contributed by atoms with van der Waals surface area (Å²) < 4.78 is 7.33. The van der Waals surface area contributed by atoms with Crippen molar-refractivity contribution in [2.24, 2.45) is 0 Å². The van der Waals surface area contributed by atoms with Gasteiger partial charge in [-0.2, -0.15) is 5.10 Å². The molecule has 0 saturated carbocycles. The average Bonchev–Trinajstić information content (AvgIpc) is 2.86. The van der Waals surface area contributed by atoms with Crippen molar-refractivity contribution in [1.29, 1.82) is 0 Å². The largest absolute Gasteiger partial charge is 0.497 e. The molecule has 1 heterocycles. The molecule has 0 radical (unpaired) electrons. The maximum absolute atomic E-state index is 12.0. The van der Waals surface area contributed by atoms with Gasteiger partial charge < -0.3 is 10.1 Å². The number of methoxy groups -OCH3 is 1. The van der Waals surface area contributed by atoms with Crippen molar-refractivity contribution in [2.75, 3.05) is 7.11 Å². The molecule has 1 amide bonds. The van der Waals surface area contributed by atoms with Gasteiger partial charge in [-0.25, -0.2) is 0 Å². The van der Waals surface area contributed by atoms with Crippen molar-refractivity contribution < 1.29 is 9.53 Å². The highest BCUT2D eigenvalue weighted by Crippen LogP contribution is 2.11. The quantitative estimate of drug-likeness (QED) is 0.633. The van der Waals surface area contributed by atoms with Gasteiger partial charge in [0.1, 0.15) is 5.75 Å². The molecule has 21 heavy (non-hydrogen) atoms. The van der Waals surface area contributed by atoms with E-state index in [0.717, 1.165) is 0 Å². The molecular formula is C14H16N4O2S. The zero-order chi connectivity index (χ0) is 15.2. The fraction of sp³-hybridized carbons (Fsp3) is 0.214. The monoisotopic (exact) mass is 304 g/mol. The van der Waals surface area contributed by atoms with Gasteiger partial charge in [0.25, 0.3) is 5.91 Å². The molecule has 0 atom stereocenters. The van der Waals surface area contributed by atoms with E-state index in [9.17, 15) is 4.79 Å². The first kappa shape index (κ1) is 15.0. The number of aromatic amines is 1. The maximum Gasteiger partial charge on any atom is 0.251 e. The molecule has 1 aromatic carbocycles. The molecular weight excluding hydrogens is 288 g/mol. The first-order valence-corrected chi connectivity index (χ1v) is 6.73. The van der Waals surface area contributed by atoms with Gasteiger partial charge in [0.15, 0.2) is 10.6 Å². The number of ether oxygens (including phenoxy) is 1. The molecule has 0 spiro atoms. The van der Waals surface area contributed by atoms with E-state index in [2.05, 4.69) is 22.1 Å². The summed E-state index contributed by atoms with van der Waals surface area (Å²) in [5.41, 5.74) is 0.556. The Kier molecular flexibility index (Phi) is 4.89. The Bertz CT molecular complexity index is 688. The average molecular weight is 304 g/mol. The molecule has 1 aromatic heterocycles. The summed E-state index contributed by atoms with van der Waals surface area (Å²) in [6.07, 6.45) is 1.72. The van der Waals surface area contributed by atoms with Crippen molar-refractivity contribution in [3.8, 4) is 5.75 Å². The van der Waals surface area contributed by atoms with E-state index in [1.165, 1.54) is 0 Å². The predicted octanol–water partition coefficient (Wildman–Crippen LogP) is 2.07. The Labute approximate surface area is 127 Å². The van der Waals surface area contributed by atoms with Crippen LogP contribution in [0, 0.1) is 4.77 Å². The highest BCUT2D eigenvalue weighted by molar-refractivity contribution is 7.71. The van der Waals surface area contributed by atoms with Crippen LogP contribution in [0.3, 0.4) is 0 Å². The fourth-order valence-electron chi connectivity index (χ4n) is 1.81. The Morgan fingerprint density at radius 1 is 1.52 bits per heavy atom. The Morgan fingerprint density at radius 2 is 2.24 bits per heavy atom. The summed E-state index contributed by atoms with van der Waals surface area (Å²) in [4.78, 5) is 12.0. The van der Waals surface area contributed by atoms with Gasteiger partial charge in [-0.05, 0) is 36.5 Å². The number of aromatic nitrogens is 3. The smallest absolute Gasteiger partial charge is 0.251 e. The summed E-state index contributed by atoms with van der Waals surface area (Å²) in [6, 6.07) is 6.88. The maximum atomic E-state index is 12.0. The second kappa shape index (κ2) is 6.85. The third-order valence-electron chi connectivity index (χ3n) is 2.91. The molecule has 0 bridgehead atoms. The lowest BCUT2D eigenvalue weighted by Crippen LogP contribution is -2.24. The van der Waals surface area contributed by atoms with Gasteiger partial charge in [-0.3, -0.25) is 14.5 Å². The molecule has 2 N–H and O–H groups in total. The normalized spacial score (nSPS) is 10.1. The SMILES string of the molecule is C=CCn1c(CNC(=O)c2ccc(OC)cc2)n[nH]c1=S. The van der Waals surface area contributed by atoms with Crippen LogP contribution in [0.5, 0.6) is 5.75 Å². The van der Waals surface area contributed by atoms with Crippen molar-refractivity contribution >= 4 is 18.1 Å². The van der Waals surface area contributed by atoms with E-state index >= 15 is 0 Å². The molecule has 6 nitrogen and oxygen atoms in total. The number of amides is 1. The molecule has 2 rings (SSSR count). The van der Waals surface area contributed by atoms with Crippen LogP contribution >= 0.6 is 12.2 Å². The second-order valence-corrected chi connectivity index (χ2v) is 4.64. The third-order valence-corrected chi connectivity index (χ3v) is 3.22. The van der Waals surface area contributed by atoms with Gasteiger partial charge in [0.05, 0.1) is 13.7 Å². The zero-order valence-corrected chi connectivity index (χ0v) is 12.4. The van der Waals surface area contributed by atoms with Gasteiger partial charge in [0, 0.05) is 12.1 Å². The molecule has 0 aliphatic rings. The number of carbonyl (C=O) groups is 1. The number of hydrogen-bond acceptors (Lipinski definition) is 4. The molecule has 0 aliphatic carbocycles. The van der Waals surface area contributed by atoms with Crippen LogP contribution < -0.4 is 10.1 Å². The number of nitrogens with one attached hydrogen (secondary N) is 2. The summed E-state index contributed by atoms with van der Waals surface area (Å²) in [7, 11) is 1.58. The van der Waals surface area contributed by atoms with Crippen LogP contribution in [-0.2, 0) is 13.1 Å². The summed E-state index contributed by atoms with van der Waals surface area (Å²) in [5, 5.41) is 9.59. The van der Waals surface area contributed by atoms with E-state index in [1.54, 1.807) is 42.0 Å². The molecule has 0 aliphatic heterocycles. The van der Waals surface area contributed by atoms with Crippen LogP contribution in [0.15, 0.2) is 36.9 Å². The second-order valence-electron chi connectivity index (χ2n) is 4.26. The number of nitrogens with zero attached hydrogens (tertiary/aromatic N) is 2. The van der Waals surface area contributed by atoms with E-state index in [4.69, 9.17) is 17.0 Å². The van der Waals surface area contributed by atoms with E-state index in [-0.39, 0.29) is 12.5 Å². The highest BCUT2D eigenvalue weighted by atomic mass is 32.1. The Balaban J connectivity index is 2.03. The molecule has 7 heteroatoms. The first-order valence-electron chi connectivity index (χ1n) is 6.33. The lowest BCUT2D eigenvalue weighted by Gasteiger charge is -2.07. The van der Waals surface area contributed by atoms with Crippen LogP contribution in [-0.4, -0.2) is 27.8 Å². The van der Waals surface area contributed by atoms with Gasteiger partial charge >= 0.3 is 0 Å². The van der Waals surface area contributed by atoms with Crippen molar-refractivity contribution in [1.82, 2.24) is 20.1 Å². The van der Waals surface area contributed by atoms with Crippen LogP contribution in [0.25, 0.3) is 0 Å². The first-order chi connectivity index (χ1) is 10.2. The Morgan fingerprint density at radius 3 is 2.86 bits per heavy atom. The lowest BCUT2D eigenvalue weighted by atomic mass is 10.2. The topological polar surface area (TPSA) is 71.9 Å². The van der Waals surface area contributed by atoms with Crippen molar-refractivity contribution in [3.05, 3.63) is 53.1 Å². The molecule has 0 fully saturated rings. The molecule has 2 aromatic rings. The lowest BCUT2D eigenvalue weighted by molar-refractivity contribution is 0.0949. The zero-order valence-electron chi connectivity index (χ0n) is 11.6. The fourth-order valence-corrected chi connectivity index (χ4v) is 2.03. The minimum Gasteiger partial charge on any atom is -0.497 e. The van der Waals surface area contributed by atoms with E-state index in [1.807, 2.05) is 0 Å². The molecule has 0 saturated heterocycles. The highest BCUT2D eigenvalue weighted by Gasteiger charge is 2.09. The Hall–Kier alpha value is -2.41. The van der Waals surface area contributed by atoms with Gasteiger partial charge in [0.2, 0.25) is 0 Å². The molecule has 0 unspecified atom stereocenters. The number of H-pyrrole nitrogens is 1. The van der Waals surface area contributed by atoms with E-state index in [0.29, 0.717) is 28.5 Å². The van der Waals surface area contributed by atoms with Gasteiger partial charge in [-0.15, -0.1) is 6.58 Å². The van der Waals surface area contributed by atoms with Crippen molar-refractivity contribution in [3.63, 3.8) is 0 Å². The predicted molar refractivity (Wildman–Crippen MR) is 81.8 cm³/mol. The number of benzene rings is 1. The minimum atomic E-state index is -0.184. The van der Waals surface area contributed by atoms with Crippen molar-refractivity contribution in [2.45, 2.75) is 13.1 Å². The summed E-state index contributed by atoms with van der Waals surface area (Å²) in [6.45, 7) is 4.50. The van der Waals surface area contributed by atoms with Crippen LogP contribution in [0.1, 0.15) is 16.2 Å². The van der Waals surface area contributed by atoms with Crippen LogP contribution in [0.4, 0.5) is 0 Å².